The van der Waals surface area contributed by atoms with Gasteiger partial charge in [-0.3, -0.25) is 4.79 Å². The Balaban J connectivity index is 1.60. The third kappa shape index (κ3) is 4.24. The van der Waals surface area contributed by atoms with Crippen molar-refractivity contribution in [2.24, 2.45) is 11.8 Å². The van der Waals surface area contributed by atoms with Crippen LogP contribution < -0.4 is 15.4 Å². The summed E-state index contributed by atoms with van der Waals surface area (Å²) >= 11 is 1.49. The molecule has 0 aliphatic carbocycles. The highest BCUT2D eigenvalue weighted by atomic mass is 32.1. The second kappa shape index (κ2) is 7.94. The monoisotopic (exact) mass is 347 g/mol. The molecule has 3 rings (SSSR count). The lowest BCUT2D eigenvalue weighted by molar-refractivity contribution is -0.117. The molecule has 1 fully saturated rings. The number of thiazole rings is 1. The van der Waals surface area contributed by atoms with Crippen LogP contribution in [-0.4, -0.2) is 30.6 Å². The van der Waals surface area contributed by atoms with E-state index >= 15 is 0 Å². The van der Waals surface area contributed by atoms with Crippen molar-refractivity contribution in [3.63, 3.8) is 0 Å². The summed E-state index contributed by atoms with van der Waals surface area (Å²) in [6, 6.07) is 5.82. The second-order valence-corrected chi connectivity index (χ2v) is 7.45. The fourth-order valence-corrected chi connectivity index (χ4v) is 4.12. The molecule has 0 spiro atoms. The first-order valence-corrected chi connectivity index (χ1v) is 9.51. The summed E-state index contributed by atoms with van der Waals surface area (Å²) in [7, 11) is 0. The van der Waals surface area contributed by atoms with E-state index in [2.05, 4.69) is 22.5 Å². The first kappa shape index (κ1) is 17.2. The Bertz CT molecular complexity index is 695. The summed E-state index contributed by atoms with van der Waals surface area (Å²) in [5.41, 5.74) is 0.892. The van der Waals surface area contributed by atoms with E-state index in [1.807, 2.05) is 25.1 Å². The molecule has 2 atom stereocenters. The molecule has 0 saturated carbocycles. The van der Waals surface area contributed by atoms with Crippen LogP contribution in [0.5, 0.6) is 5.75 Å². The minimum atomic E-state index is 0.0529. The summed E-state index contributed by atoms with van der Waals surface area (Å²) in [6.07, 6.45) is 2.96. The van der Waals surface area contributed by atoms with Crippen molar-refractivity contribution in [3.8, 4) is 5.75 Å². The van der Waals surface area contributed by atoms with E-state index in [0.29, 0.717) is 30.0 Å². The van der Waals surface area contributed by atoms with Crippen molar-refractivity contribution < 1.29 is 9.53 Å². The molecule has 1 aromatic carbocycles. The van der Waals surface area contributed by atoms with E-state index in [1.54, 1.807) is 0 Å². The van der Waals surface area contributed by atoms with Gasteiger partial charge in [-0.05, 0) is 62.9 Å². The molecule has 2 heterocycles. The Hall–Kier alpha value is -1.66. The highest BCUT2D eigenvalue weighted by Gasteiger charge is 2.22. The predicted octanol–water partition coefficient (Wildman–Crippen LogP) is 3.66. The lowest BCUT2D eigenvalue weighted by Crippen LogP contribution is -2.34. The van der Waals surface area contributed by atoms with E-state index in [-0.39, 0.29) is 5.91 Å². The standard InChI is InChI=1S/C18H25N3O2S/c1-3-23-14-6-7-15-16(10-14)24-18(20-15)21-17(22)9-12(2)13-5-4-8-19-11-13/h6-7,10,12-13,19H,3-5,8-9,11H2,1-2H3,(H,20,21,22). The van der Waals surface area contributed by atoms with Crippen molar-refractivity contribution in [3.05, 3.63) is 18.2 Å². The van der Waals surface area contributed by atoms with Gasteiger partial charge in [-0.1, -0.05) is 18.3 Å². The van der Waals surface area contributed by atoms with Gasteiger partial charge in [-0.2, -0.15) is 0 Å². The summed E-state index contributed by atoms with van der Waals surface area (Å²) in [6.45, 7) is 6.90. The van der Waals surface area contributed by atoms with Gasteiger partial charge in [0.25, 0.3) is 0 Å². The molecule has 6 heteroatoms. The van der Waals surface area contributed by atoms with Gasteiger partial charge in [0.2, 0.25) is 5.91 Å². The van der Waals surface area contributed by atoms with Gasteiger partial charge in [0.05, 0.1) is 16.8 Å². The highest BCUT2D eigenvalue weighted by molar-refractivity contribution is 7.22. The average Bonchev–Trinajstić information content (AvgIpc) is 2.97. The van der Waals surface area contributed by atoms with Crippen LogP contribution in [0, 0.1) is 11.8 Å². The van der Waals surface area contributed by atoms with Gasteiger partial charge in [0.15, 0.2) is 5.13 Å². The van der Waals surface area contributed by atoms with Crippen LogP contribution in [-0.2, 0) is 4.79 Å². The number of hydrogen-bond donors (Lipinski definition) is 2. The van der Waals surface area contributed by atoms with Crippen LogP contribution in [0.2, 0.25) is 0 Å². The van der Waals surface area contributed by atoms with E-state index in [4.69, 9.17) is 4.74 Å². The van der Waals surface area contributed by atoms with Crippen molar-refractivity contribution in [2.75, 3.05) is 25.0 Å². The maximum atomic E-state index is 12.3. The quantitative estimate of drug-likeness (QED) is 0.837. The Kier molecular flexibility index (Phi) is 5.68. The zero-order chi connectivity index (χ0) is 16.9. The predicted molar refractivity (Wildman–Crippen MR) is 98.8 cm³/mol. The molecule has 5 nitrogen and oxygen atoms in total. The normalized spacial score (nSPS) is 19.2. The molecule has 2 N–H and O–H groups in total. The van der Waals surface area contributed by atoms with Gasteiger partial charge >= 0.3 is 0 Å². The minimum Gasteiger partial charge on any atom is -0.494 e. The largest absolute Gasteiger partial charge is 0.494 e. The summed E-state index contributed by atoms with van der Waals surface area (Å²) in [5, 5.41) is 7.04. The number of piperidine rings is 1. The number of aromatic nitrogens is 1. The lowest BCUT2D eigenvalue weighted by Gasteiger charge is -2.27. The number of hydrogen-bond acceptors (Lipinski definition) is 5. The number of nitrogens with zero attached hydrogens (tertiary/aromatic N) is 1. The zero-order valence-corrected chi connectivity index (χ0v) is 15.1. The van der Waals surface area contributed by atoms with E-state index in [0.717, 1.165) is 29.1 Å². The number of rotatable bonds is 6. The molecule has 1 amide bonds. The van der Waals surface area contributed by atoms with Crippen LogP contribution in [0.3, 0.4) is 0 Å². The van der Waals surface area contributed by atoms with E-state index < -0.39 is 0 Å². The van der Waals surface area contributed by atoms with Crippen LogP contribution >= 0.6 is 11.3 Å². The van der Waals surface area contributed by atoms with Crippen LogP contribution in [0.1, 0.15) is 33.1 Å². The third-order valence-electron chi connectivity index (χ3n) is 4.56. The maximum absolute atomic E-state index is 12.3. The van der Waals surface area contributed by atoms with E-state index in [9.17, 15) is 4.79 Å². The van der Waals surface area contributed by atoms with Gasteiger partial charge in [0.1, 0.15) is 5.75 Å². The molecule has 1 saturated heterocycles. The number of benzene rings is 1. The SMILES string of the molecule is CCOc1ccc2nc(NC(=O)CC(C)C3CCCNC3)sc2c1. The third-order valence-corrected chi connectivity index (χ3v) is 5.50. The molecule has 1 aliphatic heterocycles. The molecule has 0 bridgehead atoms. The number of carbonyl (C=O) groups is 1. The van der Waals surface area contributed by atoms with Crippen molar-refractivity contribution in [2.45, 2.75) is 33.1 Å². The minimum absolute atomic E-state index is 0.0529. The molecule has 2 unspecified atom stereocenters. The highest BCUT2D eigenvalue weighted by Crippen LogP contribution is 2.30. The van der Waals surface area contributed by atoms with E-state index in [1.165, 1.54) is 24.2 Å². The topological polar surface area (TPSA) is 63.2 Å². The van der Waals surface area contributed by atoms with Gasteiger partial charge in [-0.15, -0.1) is 0 Å². The van der Waals surface area contributed by atoms with Crippen LogP contribution in [0.4, 0.5) is 5.13 Å². The fraction of sp³-hybridized carbons (Fsp3) is 0.556. The Morgan fingerprint density at radius 1 is 1.54 bits per heavy atom. The molecule has 1 aromatic heterocycles. The number of carbonyl (C=O) groups excluding carboxylic acids is 1. The molecular weight excluding hydrogens is 322 g/mol. The van der Waals surface area contributed by atoms with Crippen LogP contribution in [0.25, 0.3) is 10.2 Å². The van der Waals surface area contributed by atoms with Crippen molar-refractivity contribution in [1.82, 2.24) is 10.3 Å². The van der Waals surface area contributed by atoms with Gasteiger partial charge in [-0.25, -0.2) is 4.98 Å². The van der Waals surface area contributed by atoms with Gasteiger partial charge < -0.3 is 15.4 Å². The van der Waals surface area contributed by atoms with Gasteiger partial charge in [0, 0.05) is 6.42 Å². The fourth-order valence-electron chi connectivity index (χ4n) is 3.21. The number of anilines is 1. The Morgan fingerprint density at radius 3 is 3.17 bits per heavy atom. The van der Waals surface area contributed by atoms with Crippen LogP contribution in [0.15, 0.2) is 18.2 Å². The molecule has 2 aromatic rings. The molecule has 130 valence electrons. The Labute approximate surface area is 146 Å². The number of nitrogens with one attached hydrogen (secondary N) is 2. The number of ether oxygens (including phenoxy) is 1. The molecule has 1 aliphatic rings. The Morgan fingerprint density at radius 2 is 2.42 bits per heavy atom. The lowest BCUT2D eigenvalue weighted by atomic mass is 9.85. The summed E-state index contributed by atoms with van der Waals surface area (Å²) in [4.78, 5) is 16.8. The molecule has 24 heavy (non-hydrogen) atoms. The maximum Gasteiger partial charge on any atom is 0.226 e. The summed E-state index contributed by atoms with van der Waals surface area (Å²) < 4.78 is 6.54. The summed E-state index contributed by atoms with van der Waals surface area (Å²) in [5.74, 6) is 1.87. The first-order chi connectivity index (χ1) is 11.7. The smallest absolute Gasteiger partial charge is 0.226 e. The molecule has 0 radical (unpaired) electrons. The number of amides is 1. The second-order valence-electron chi connectivity index (χ2n) is 6.42. The van der Waals surface area contributed by atoms with Crippen molar-refractivity contribution >= 4 is 32.6 Å². The average molecular weight is 347 g/mol. The number of fused-ring (bicyclic) bond motifs is 1. The zero-order valence-electron chi connectivity index (χ0n) is 14.3. The first-order valence-electron chi connectivity index (χ1n) is 8.69. The molecular formula is C18H25N3O2S. The van der Waals surface area contributed by atoms with Crippen molar-refractivity contribution in [1.29, 1.82) is 0 Å².